The van der Waals surface area contributed by atoms with Gasteiger partial charge in [-0.2, -0.15) is 0 Å². The maximum absolute atomic E-state index is 13.0. The third-order valence-corrected chi connectivity index (χ3v) is 5.27. The van der Waals surface area contributed by atoms with Crippen LogP contribution >= 0.6 is 0 Å². The molecule has 2 heterocycles. The van der Waals surface area contributed by atoms with Crippen molar-refractivity contribution in [3.8, 4) is 0 Å². The van der Waals surface area contributed by atoms with E-state index in [0.29, 0.717) is 32.7 Å². The summed E-state index contributed by atoms with van der Waals surface area (Å²) in [5, 5.41) is 0. The van der Waals surface area contributed by atoms with Crippen molar-refractivity contribution in [3.63, 3.8) is 0 Å². The van der Waals surface area contributed by atoms with Crippen LogP contribution in [-0.4, -0.2) is 40.1 Å². The second-order valence-electron chi connectivity index (χ2n) is 6.64. The Kier molecular flexibility index (Phi) is 4.53. The molecule has 1 aliphatic heterocycles. The number of rotatable bonds is 5. The van der Waals surface area contributed by atoms with Gasteiger partial charge in [-0.25, -0.2) is 4.98 Å². The number of carbonyl (C=O) groups excluding carboxylic acids is 1. The lowest BCUT2D eigenvalue weighted by atomic mass is 9.65. The molecule has 0 bridgehead atoms. The number of nitrogens with zero attached hydrogens (tertiary/aromatic N) is 3. The Morgan fingerprint density at radius 2 is 2.22 bits per heavy atom. The van der Waals surface area contributed by atoms with Gasteiger partial charge in [0.15, 0.2) is 0 Å². The quantitative estimate of drug-likeness (QED) is 0.767. The molecule has 1 saturated carbocycles. The molecule has 6 nitrogen and oxygen atoms in total. The number of hydrogen-bond acceptors (Lipinski definition) is 4. The second kappa shape index (κ2) is 6.43. The fraction of sp³-hybridized carbons (Fsp3) is 0.706. The van der Waals surface area contributed by atoms with Crippen LogP contribution in [0.25, 0.3) is 0 Å². The Balaban J connectivity index is 1.73. The molecule has 1 aromatic heterocycles. The van der Waals surface area contributed by atoms with Crippen molar-refractivity contribution < 1.29 is 9.53 Å². The highest BCUT2D eigenvalue weighted by Crippen LogP contribution is 2.46. The molecular weight excluding hydrogens is 294 g/mol. The lowest BCUT2D eigenvalue weighted by Gasteiger charge is -2.44. The van der Waals surface area contributed by atoms with Gasteiger partial charge in [0.05, 0.1) is 24.0 Å². The van der Waals surface area contributed by atoms with Crippen molar-refractivity contribution in [2.45, 2.75) is 45.6 Å². The lowest BCUT2D eigenvalue weighted by molar-refractivity contribution is -0.150. The molecule has 1 aromatic rings. The van der Waals surface area contributed by atoms with Gasteiger partial charge in [-0.1, -0.05) is 6.42 Å². The number of aryl methyl sites for hydroxylation is 1. The molecule has 3 rings (SSSR count). The van der Waals surface area contributed by atoms with Gasteiger partial charge in [-0.3, -0.25) is 9.59 Å². The third kappa shape index (κ3) is 2.92. The van der Waals surface area contributed by atoms with Gasteiger partial charge >= 0.3 is 0 Å². The zero-order valence-corrected chi connectivity index (χ0v) is 14.0. The van der Waals surface area contributed by atoms with E-state index in [1.165, 1.54) is 4.57 Å². The summed E-state index contributed by atoms with van der Waals surface area (Å²) in [6.45, 7) is 4.38. The highest BCUT2D eigenvalue weighted by Gasteiger charge is 2.46. The highest BCUT2D eigenvalue weighted by atomic mass is 16.5. The largest absolute Gasteiger partial charge is 0.382 e. The predicted octanol–water partition coefficient (Wildman–Crippen LogP) is 1.26. The summed E-state index contributed by atoms with van der Waals surface area (Å²) in [6.07, 6.45) is 5.96. The van der Waals surface area contributed by atoms with Gasteiger partial charge in [0, 0.05) is 32.4 Å². The van der Waals surface area contributed by atoms with Crippen LogP contribution in [0.15, 0.2) is 11.1 Å². The third-order valence-electron chi connectivity index (χ3n) is 5.27. The lowest BCUT2D eigenvalue weighted by Crippen LogP contribution is -2.50. The van der Waals surface area contributed by atoms with Gasteiger partial charge in [-0.05, 0) is 32.6 Å². The summed E-state index contributed by atoms with van der Waals surface area (Å²) in [6, 6.07) is 0. The Morgan fingerprint density at radius 1 is 1.43 bits per heavy atom. The minimum absolute atomic E-state index is 0.0109. The Morgan fingerprint density at radius 3 is 2.87 bits per heavy atom. The fourth-order valence-electron chi connectivity index (χ4n) is 3.61. The smallest absolute Gasteiger partial charge is 0.256 e. The van der Waals surface area contributed by atoms with E-state index >= 15 is 0 Å². The first-order chi connectivity index (χ1) is 11.1. The number of carbonyl (C=O) groups is 1. The fourth-order valence-corrected chi connectivity index (χ4v) is 3.61. The van der Waals surface area contributed by atoms with E-state index in [1.807, 2.05) is 11.8 Å². The van der Waals surface area contributed by atoms with Crippen LogP contribution in [0.4, 0.5) is 0 Å². The van der Waals surface area contributed by atoms with E-state index in [4.69, 9.17) is 4.74 Å². The van der Waals surface area contributed by atoms with Crippen LogP contribution in [0.3, 0.4) is 0 Å². The van der Waals surface area contributed by atoms with Crippen molar-refractivity contribution in [2.24, 2.45) is 12.5 Å². The summed E-state index contributed by atoms with van der Waals surface area (Å²) in [7, 11) is 1.71. The van der Waals surface area contributed by atoms with Crippen LogP contribution in [0, 0.1) is 5.41 Å². The molecule has 126 valence electrons. The minimum Gasteiger partial charge on any atom is -0.382 e. The molecule has 6 heteroatoms. The van der Waals surface area contributed by atoms with E-state index in [2.05, 4.69) is 4.98 Å². The van der Waals surface area contributed by atoms with E-state index in [0.717, 1.165) is 36.9 Å². The number of fused-ring (bicyclic) bond motifs is 1. The standard InChI is InChI=1S/C17H25N3O3/c1-3-23-10-8-17(6-4-7-17)16(22)20-9-5-13-14(11-20)18-12-19(2)15(13)21/h12H,3-11H2,1-2H3. The minimum atomic E-state index is -0.244. The predicted molar refractivity (Wildman–Crippen MR) is 86.0 cm³/mol. The van der Waals surface area contributed by atoms with Gasteiger partial charge in [0.2, 0.25) is 5.91 Å². The Hall–Kier alpha value is -1.69. The SMILES string of the molecule is CCOCCC1(C(=O)N2CCc3c(ncn(C)c3=O)C2)CCC1. The van der Waals surface area contributed by atoms with E-state index < -0.39 is 0 Å². The molecule has 0 N–H and O–H groups in total. The summed E-state index contributed by atoms with van der Waals surface area (Å²) in [5.41, 5.74) is 1.28. The Bertz CT molecular complexity index is 649. The molecule has 2 aliphatic rings. The summed E-state index contributed by atoms with van der Waals surface area (Å²) >= 11 is 0. The van der Waals surface area contributed by atoms with Crippen LogP contribution in [0.2, 0.25) is 0 Å². The highest BCUT2D eigenvalue weighted by molar-refractivity contribution is 5.83. The molecular formula is C17H25N3O3. The molecule has 1 fully saturated rings. The Labute approximate surface area is 136 Å². The van der Waals surface area contributed by atoms with Gasteiger partial charge in [0.25, 0.3) is 5.56 Å². The first-order valence-electron chi connectivity index (χ1n) is 8.48. The zero-order chi connectivity index (χ0) is 16.4. The molecule has 0 saturated heterocycles. The molecule has 0 atom stereocenters. The van der Waals surface area contributed by atoms with Crippen molar-refractivity contribution in [1.29, 1.82) is 0 Å². The van der Waals surface area contributed by atoms with Crippen LogP contribution in [0.5, 0.6) is 0 Å². The average Bonchev–Trinajstić information content (AvgIpc) is 2.53. The maximum atomic E-state index is 13.0. The molecule has 1 amide bonds. The monoisotopic (exact) mass is 319 g/mol. The number of amides is 1. The molecule has 0 aromatic carbocycles. The van der Waals surface area contributed by atoms with Gasteiger partial charge in [-0.15, -0.1) is 0 Å². The van der Waals surface area contributed by atoms with Gasteiger partial charge < -0.3 is 14.2 Å². The topological polar surface area (TPSA) is 64.4 Å². The van der Waals surface area contributed by atoms with Crippen LogP contribution in [0.1, 0.15) is 43.9 Å². The van der Waals surface area contributed by atoms with Crippen molar-refractivity contribution in [1.82, 2.24) is 14.5 Å². The summed E-state index contributed by atoms with van der Waals surface area (Å²) in [5.74, 6) is 0.219. The van der Waals surface area contributed by atoms with Gasteiger partial charge in [0.1, 0.15) is 0 Å². The van der Waals surface area contributed by atoms with Crippen LogP contribution in [-0.2, 0) is 29.5 Å². The molecule has 23 heavy (non-hydrogen) atoms. The maximum Gasteiger partial charge on any atom is 0.256 e. The van der Waals surface area contributed by atoms with Crippen molar-refractivity contribution in [3.05, 3.63) is 27.9 Å². The summed E-state index contributed by atoms with van der Waals surface area (Å²) < 4.78 is 6.97. The van der Waals surface area contributed by atoms with Crippen molar-refractivity contribution in [2.75, 3.05) is 19.8 Å². The first kappa shape index (κ1) is 16.2. The molecule has 0 spiro atoms. The summed E-state index contributed by atoms with van der Waals surface area (Å²) in [4.78, 5) is 31.4. The van der Waals surface area contributed by atoms with E-state index in [-0.39, 0.29) is 16.9 Å². The number of aromatic nitrogens is 2. The first-order valence-corrected chi connectivity index (χ1v) is 8.48. The van der Waals surface area contributed by atoms with Crippen molar-refractivity contribution >= 4 is 5.91 Å². The normalized spacial score (nSPS) is 19.1. The number of hydrogen-bond donors (Lipinski definition) is 0. The number of ether oxygens (including phenoxy) is 1. The van der Waals surface area contributed by atoms with E-state index in [1.54, 1.807) is 13.4 Å². The zero-order valence-electron chi connectivity index (χ0n) is 14.0. The molecule has 1 aliphatic carbocycles. The van der Waals surface area contributed by atoms with Crippen LogP contribution < -0.4 is 5.56 Å². The average molecular weight is 319 g/mol. The second-order valence-corrected chi connectivity index (χ2v) is 6.64. The van der Waals surface area contributed by atoms with E-state index in [9.17, 15) is 9.59 Å². The molecule has 0 radical (unpaired) electrons. The molecule has 0 unspecified atom stereocenters.